The molecule has 19 heavy (non-hydrogen) atoms. The summed E-state index contributed by atoms with van der Waals surface area (Å²) in [7, 11) is 0. The third-order valence-corrected chi connectivity index (χ3v) is 3.39. The molecule has 2 aromatic rings. The zero-order valence-corrected chi connectivity index (χ0v) is 12.0. The van der Waals surface area contributed by atoms with E-state index in [9.17, 15) is 13.6 Å². The molecule has 0 fully saturated rings. The first-order valence-corrected chi connectivity index (χ1v) is 6.46. The van der Waals surface area contributed by atoms with E-state index in [0.717, 1.165) is 0 Å². The molecule has 0 aromatic heterocycles. The monoisotopic (exact) mass is 324 g/mol. The Labute approximate surface area is 118 Å². The summed E-state index contributed by atoms with van der Waals surface area (Å²) in [6.45, 7) is 3.28. The van der Waals surface area contributed by atoms with E-state index in [1.807, 2.05) is 0 Å². The highest BCUT2D eigenvalue weighted by atomic mass is 79.9. The fraction of sp³-hybridized carbons (Fsp3) is 0.133. The molecule has 98 valence electrons. The highest BCUT2D eigenvalue weighted by Crippen LogP contribution is 2.23. The van der Waals surface area contributed by atoms with Crippen molar-refractivity contribution in [2.45, 2.75) is 13.8 Å². The maximum atomic E-state index is 13.7. The molecule has 0 atom stereocenters. The van der Waals surface area contributed by atoms with Gasteiger partial charge in [-0.1, -0.05) is 15.9 Å². The van der Waals surface area contributed by atoms with Crippen molar-refractivity contribution in [1.82, 2.24) is 0 Å². The summed E-state index contributed by atoms with van der Waals surface area (Å²) in [5, 5.41) is 0. The number of carbonyl (C=O) groups excluding carboxylic acids is 1. The van der Waals surface area contributed by atoms with Gasteiger partial charge in [0, 0.05) is 10.0 Å². The lowest BCUT2D eigenvalue weighted by Gasteiger charge is -2.10. The number of benzene rings is 2. The van der Waals surface area contributed by atoms with Crippen LogP contribution in [0.2, 0.25) is 0 Å². The highest BCUT2D eigenvalue weighted by molar-refractivity contribution is 9.10. The van der Waals surface area contributed by atoms with Crippen molar-refractivity contribution < 1.29 is 13.6 Å². The van der Waals surface area contributed by atoms with Gasteiger partial charge in [0.15, 0.2) is 5.78 Å². The Morgan fingerprint density at radius 1 is 1.05 bits per heavy atom. The fourth-order valence-electron chi connectivity index (χ4n) is 2.07. The summed E-state index contributed by atoms with van der Waals surface area (Å²) in [4.78, 5) is 12.4. The first kappa shape index (κ1) is 13.9. The molecular formula is C15H11BrF2O. The van der Waals surface area contributed by atoms with Crippen LogP contribution in [0, 0.1) is 25.5 Å². The number of hydrogen-bond donors (Lipinski definition) is 0. The highest BCUT2D eigenvalue weighted by Gasteiger charge is 2.19. The molecule has 0 heterocycles. The molecule has 0 aliphatic rings. The molecule has 0 unspecified atom stereocenters. The zero-order valence-electron chi connectivity index (χ0n) is 10.4. The Morgan fingerprint density at radius 3 is 2.21 bits per heavy atom. The van der Waals surface area contributed by atoms with Crippen LogP contribution in [0.15, 0.2) is 34.8 Å². The largest absolute Gasteiger partial charge is 0.288 e. The number of carbonyl (C=O) groups is 1. The van der Waals surface area contributed by atoms with Crippen LogP contribution in [0.1, 0.15) is 27.0 Å². The van der Waals surface area contributed by atoms with E-state index in [0.29, 0.717) is 21.2 Å². The molecule has 0 saturated heterocycles. The molecule has 4 heteroatoms. The summed E-state index contributed by atoms with van der Waals surface area (Å²) < 4.78 is 27.6. The average Bonchev–Trinajstić information content (AvgIpc) is 2.30. The standard InChI is InChI=1S/C15H11BrF2O/c1-8-5-11(17)6-9(2)14(8)15(19)12-7-10(16)3-4-13(12)18/h3-7H,1-2H3. The third kappa shape index (κ3) is 2.73. The molecule has 0 saturated carbocycles. The molecular weight excluding hydrogens is 314 g/mol. The Hall–Kier alpha value is -1.55. The number of rotatable bonds is 2. The summed E-state index contributed by atoms with van der Waals surface area (Å²) in [5.41, 5.74) is 1.33. The van der Waals surface area contributed by atoms with Gasteiger partial charge in [-0.15, -0.1) is 0 Å². The van der Waals surface area contributed by atoms with Crippen LogP contribution >= 0.6 is 15.9 Å². The second kappa shape index (κ2) is 5.21. The van der Waals surface area contributed by atoms with Crippen LogP contribution in [0.3, 0.4) is 0 Å². The average molecular weight is 325 g/mol. The topological polar surface area (TPSA) is 17.1 Å². The molecule has 0 spiro atoms. The number of aryl methyl sites for hydroxylation is 2. The lowest BCUT2D eigenvalue weighted by molar-refractivity contribution is 0.103. The molecule has 1 nitrogen and oxygen atoms in total. The van der Waals surface area contributed by atoms with Crippen molar-refractivity contribution in [2.75, 3.05) is 0 Å². The second-order valence-electron chi connectivity index (χ2n) is 4.37. The van der Waals surface area contributed by atoms with Gasteiger partial charge in [0.25, 0.3) is 0 Å². The van der Waals surface area contributed by atoms with Crippen LogP contribution < -0.4 is 0 Å². The summed E-state index contributed by atoms with van der Waals surface area (Å²) in [5.74, 6) is -1.42. The lowest BCUT2D eigenvalue weighted by Crippen LogP contribution is -2.09. The van der Waals surface area contributed by atoms with Crippen LogP contribution in [0.4, 0.5) is 8.78 Å². The smallest absolute Gasteiger partial charge is 0.196 e. The first-order chi connectivity index (χ1) is 8.90. The van der Waals surface area contributed by atoms with E-state index in [2.05, 4.69) is 15.9 Å². The Kier molecular flexibility index (Phi) is 3.80. The lowest BCUT2D eigenvalue weighted by atomic mass is 9.94. The Balaban J connectivity index is 2.59. The van der Waals surface area contributed by atoms with Gasteiger partial charge in [-0.05, 0) is 55.3 Å². The maximum Gasteiger partial charge on any atom is 0.196 e. The van der Waals surface area contributed by atoms with Gasteiger partial charge in [0.1, 0.15) is 11.6 Å². The molecule has 0 N–H and O–H groups in total. The van der Waals surface area contributed by atoms with E-state index < -0.39 is 17.4 Å². The van der Waals surface area contributed by atoms with Crippen LogP contribution in [-0.2, 0) is 0 Å². The number of hydrogen-bond acceptors (Lipinski definition) is 1. The molecule has 0 aliphatic heterocycles. The zero-order chi connectivity index (χ0) is 14.2. The van der Waals surface area contributed by atoms with Crippen LogP contribution in [0.5, 0.6) is 0 Å². The Bertz CT molecular complexity index is 642. The molecule has 0 radical (unpaired) electrons. The Morgan fingerprint density at radius 2 is 1.63 bits per heavy atom. The van der Waals surface area contributed by atoms with Gasteiger partial charge < -0.3 is 0 Å². The van der Waals surface area contributed by atoms with E-state index in [-0.39, 0.29) is 5.56 Å². The van der Waals surface area contributed by atoms with Gasteiger partial charge in [-0.3, -0.25) is 4.79 Å². The molecule has 0 bridgehead atoms. The second-order valence-corrected chi connectivity index (χ2v) is 5.28. The molecule has 0 aliphatic carbocycles. The minimum atomic E-state index is -0.587. The number of halogens is 3. The minimum absolute atomic E-state index is 0.0211. The molecule has 2 aromatic carbocycles. The summed E-state index contributed by atoms with van der Waals surface area (Å²) in [6.07, 6.45) is 0. The first-order valence-electron chi connectivity index (χ1n) is 5.66. The maximum absolute atomic E-state index is 13.7. The van der Waals surface area contributed by atoms with E-state index >= 15 is 0 Å². The van der Waals surface area contributed by atoms with Gasteiger partial charge >= 0.3 is 0 Å². The van der Waals surface area contributed by atoms with E-state index in [4.69, 9.17) is 0 Å². The van der Waals surface area contributed by atoms with E-state index in [1.54, 1.807) is 13.8 Å². The van der Waals surface area contributed by atoms with Crippen molar-refractivity contribution in [1.29, 1.82) is 0 Å². The molecule has 0 amide bonds. The summed E-state index contributed by atoms with van der Waals surface area (Å²) in [6, 6.07) is 6.73. The van der Waals surface area contributed by atoms with Crippen molar-refractivity contribution in [3.05, 3.63) is 68.7 Å². The predicted molar refractivity (Wildman–Crippen MR) is 73.4 cm³/mol. The van der Waals surface area contributed by atoms with Gasteiger partial charge in [0.2, 0.25) is 0 Å². The third-order valence-electron chi connectivity index (χ3n) is 2.90. The van der Waals surface area contributed by atoms with Gasteiger partial charge in [0.05, 0.1) is 5.56 Å². The fourth-order valence-corrected chi connectivity index (χ4v) is 2.44. The summed E-state index contributed by atoms with van der Waals surface area (Å²) >= 11 is 3.21. The van der Waals surface area contributed by atoms with Gasteiger partial charge in [-0.2, -0.15) is 0 Å². The van der Waals surface area contributed by atoms with Crippen molar-refractivity contribution >= 4 is 21.7 Å². The van der Waals surface area contributed by atoms with E-state index in [1.165, 1.54) is 30.3 Å². The van der Waals surface area contributed by atoms with Crippen LogP contribution in [0.25, 0.3) is 0 Å². The van der Waals surface area contributed by atoms with Crippen molar-refractivity contribution in [3.63, 3.8) is 0 Å². The van der Waals surface area contributed by atoms with Crippen molar-refractivity contribution in [2.24, 2.45) is 0 Å². The SMILES string of the molecule is Cc1cc(F)cc(C)c1C(=O)c1cc(Br)ccc1F. The van der Waals surface area contributed by atoms with Crippen molar-refractivity contribution in [3.8, 4) is 0 Å². The number of ketones is 1. The van der Waals surface area contributed by atoms with Gasteiger partial charge in [-0.25, -0.2) is 8.78 Å². The quantitative estimate of drug-likeness (QED) is 0.739. The normalized spacial score (nSPS) is 10.6. The predicted octanol–water partition coefficient (Wildman–Crippen LogP) is 4.58. The minimum Gasteiger partial charge on any atom is -0.288 e. The molecule has 2 rings (SSSR count). The van der Waals surface area contributed by atoms with Crippen LogP contribution in [-0.4, -0.2) is 5.78 Å².